The standard InChI is InChI=1S/C22H20FN5O2S2/c1-12-18(28-9-10-31-22(28)25-12)20(29)24-11-14-7-8-27(14)21(30)17-19(32-13(2)26-17)15-5-3-4-6-16(15)23/h3-6,9-10,14H,7-8,11H2,1-2H3,(H,24,29)/t14-/m0/s1. The van der Waals surface area contributed by atoms with Crippen molar-refractivity contribution in [2.24, 2.45) is 0 Å². The highest BCUT2D eigenvalue weighted by Crippen LogP contribution is 2.34. The third-order valence-electron chi connectivity index (χ3n) is 5.61. The number of rotatable bonds is 5. The Hall–Kier alpha value is -3.11. The zero-order valence-corrected chi connectivity index (χ0v) is 19.1. The van der Waals surface area contributed by atoms with Crippen molar-refractivity contribution in [3.8, 4) is 10.4 Å². The van der Waals surface area contributed by atoms with E-state index in [1.54, 1.807) is 34.4 Å². The molecule has 0 saturated carbocycles. The van der Waals surface area contributed by atoms with E-state index in [0.717, 1.165) is 11.4 Å². The fraction of sp³-hybridized carbons (Fsp3) is 0.273. The van der Waals surface area contributed by atoms with Gasteiger partial charge in [0.25, 0.3) is 11.8 Å². The maximum atomic E-state index is 14.4. The van der Waals surface area contributed by atoms with Crippen LogP contribution in [0.15, 0.2) is 35.8 Å². The number of nitrogens with one attached hydrogen (secondary N) is 1. The molecule has 1 aliphatic rings. The molecule has 0 spiro atoms. The lowest BCUT2D eigenvalue weighted by Crippen LogP contribution is -2.56. The number of carbonyl (C=O) groups is 2. The van der Waals surface area contributed by atoms with Crippen LogP contribution in [-0.4, -0.2) is 50.2 Å². The van der Waals surface area contributed by atoms with Crippen LogP contribution in [0.4, 0.5) is 4.39 Å². The average Bonchev–Trinajstić information content (AvgIpc) is 3.41. The summed E-state index contributed by atoms with van der Waals surface area (Å²) in [5, 5.41) is 5.52. The molecular weight excluding hydrogens is 449 g/mol. The average molecular weight is 470 g/mol. The molecule has 3 aromatic heterocycles. The van der Waals surface area contributed by atoms with E-state index >= 15 is 0 Å². The molecule has 32 heavy (non-hydrogen) atoms. The number of aryl methyl sites for hydroxylation is 2. The van der Waals surface area contributed by atoms with Crippen molar-refractivity contribution in [2.45, 2.75) is 26.3 Å². The van der Waals surface area contributed by atoms with Crippen LogP contribution in [-0.2, 0) is 0 Å². The van der Waals surface area contributed by atoms with Crippen LogP contribution in [0.2, 0.25) is 0 Å². The Labute approximate surface area is 191 Å². The van der Waals surface area contributed by atoms with E-state index in [1.165, 1.54) is 28.7 Å². The van der Waals surface area contributed by atoms with Gasteiger partial charge in [0.05, 0.1) is 21.6 Å². The van der Waals surface area contributed by atoms with Crippen LogP contribution in [0.1, 0.15) is 38.1 Å². The van der Waals surface area contributed by atoms with Crippen molar-refractivity contribution >= 4 is 39.4 Å². The number of benzene rings is 1. The summed E-state index contributed by atoms with van der Waals surface area (Å²) < 4.78 is 16.1. The number of carbonyl (C=O) groups excluding carboxylic acids is 2. The third kappa shape index (κ3) is 3.49. The van der Waals surface area contributed by atoms with Crippen molar-refractivity contribution in [2.75, 3.05) is 13.1 Å². The summed E-state index contributed by atoms with van der Waals surface area (Å²) >= 11 is 2.78. The Kier molecular flexibility index (Phi) is 5.26. The molecule has 1 saturated heterocycles. The molecule has 164 valence electrons. The number of likely N-dealkylation sites (tertiary alicyclic amines) is 1. The minimum atomic E-state index is -0.381. The van der Waals surface area contributed by atoms with Crippen molar-refractivity contribution in [1.82, 2.24) is 24.6 Å². The number of aromatic nitrogens is 3. The summed E-state index contributed by atoms with van der Waals surface area (Å²) in [4.78, 5) is 37.8. The lowest BCUT2D eigenvalue weighted by Gasteiger charge is -2.40. The highest BCUT2D eigenvalue weighted by Gasteiger charge is 2.36. The van der Waals surface area contributed by atoms with Gasteiger partial charge in [-0.3, -0.25) is 14.0 Å². The summed E-state index contributed by atoms with van der Waals surface area (Å²) in [5.41, 5.74) is 1.82. The highest BCUT2D eigenvalue weighted by molar-refractivity contribution is 7.15. The molecule has 0 radical (unpaired) electrons. The molecule has 7 nitrogen and oxygen atoms in total. The van der Waals surface area contributed by atoms with E-state index < -0.39 is 0 Å². The van der Waals surface area contributed by atoms with Crippen LogP contribution in [0.25, 0.3) is 15.4 Å². The van der Waals surface area contributed by atoms with E-state index in [-0.39, 0.29) is 29.4 Å². The lowest BCUT2D eigenvalue weighted by molar-refractivity contribution is 0.0451. The molecule has 1 N–H and O–H groups in total. The summed E-state index contributed by atoms with van der Waals surface area (Å²) in [6, 6.07) is 6.27. The fourth-order valence-corrected chi connectivity index (χ4v) is 5.62. The van der Waals surface area contributed by atoms with Crippen molar-refractivity contribution in [3.05, 3.63) is 63.7 Å². The third-order valence-corrected chi connectivity index (χ3v) is 7.37. The number of nitrogens with zero attached hydrogens (tertiary/aromatic N) is 4. The van der Waals surface area contributed by atoms with Gasteiger partial charge in [-0.25, -0.2) is 14.4 Å². The van der Waals surface area contributed by atoms with Gasteiger partial charge in [-0.05, 0) is 26.3 Å². The molecule has 0 bridgehead atoms. The maximum absolute atomic E-state index is 14.4. The molecule has 1 aliphatic heterocycles. The molecule has 4 aromatic rings. The van der Waals surface area contributed by atoms with Gasteiger partial charge in [-0.15, -0.1) is 22.7 Å². The first kappa shape index (κ1) is 20.8. The fourth-order valence-electron chi connectivity index (χ4n) is 3.92. The van der Waals surface area contributed by atoms with Gasteiger partial charge in [0, 0.05) is 30.2 Å². The number of halogens is 1. The van der Waals surface area contributed by atoms with Crippen LogP contribution in [0.3, 0.4) is 0 Å². The van der Waals surface area contributed by atoms with Gasteiger partial charge in [0.2, 0.25) is 0 Å². The van der Waals surface area contributed by atoms with Crippen LogP contribution >= 0.6 is 22.7 Å². The summed E-state index contributed by atoms with van der Waals surface area (Å²) in [7, 11) is 0. The number of fused-ring (bicyclic) bond motifs is 1. The Morgan fingerprint density at radius 3 is 2.81 bits per heavy atom. The summed E-state index contributed by atoms with van der Waals surface area (Å²) in [6.07, 6.45) is 2.60. The molecule has 1 atom stereocenters. The minimum absolute atomic E-state index is 0.131. The van der Waals surface area contributed by atoms with Gasteiger partial charge >= 0.3 is 0 Å². The molecule has 4 heterocycles. The molecule has 1 fully saturated rings. The summed E-state index contributed by atoms with van der Waals surface area (Å²) in [6.45, 7) is 4.52. The smallest absolute Gasteiger partial charge is 0.274 e. The quantitative estimate of drug-likeness (QED) is 0.481. The van der Waals surface area contributed by atoms with Gasteiger partial charge in [-0.2, -0.15) is 0 Å². The predicted molar refractivity (Wildman–Crippen MR) is 122 cm³/mol. The van der Waals surface area contributed by atoms with Gasteiger partial charge in [-0.1, -0.05) is 18.2 Å². The Bertz CT molecular complexity index is 1340. The zero-order chi connectivity index (χ0) is 22.4. The first-order valence-electron chi connectivity index (χ1n) is 10.2. The SMILES string of the molecule is Cc1nc(C(=O)N2CC[C@H]2CNC(=O)c2c(C)nc3sccn23)c(-c2ccccc2F)s1. The molecule has 0 aliphatic carbocycles. The number of imidazole rings is 1. The van der Waals surface area contributed by atoms with Gasteiger partial charge in [0.15, 0.2) is 4.96 Å². The second-order valence-corrected chi connectivity index (χ2v) is 9.72. The lowest BCUT2D eigenvalue weighted by atomic mass is 10.0. The number of hydrogen-bond acceptors (Lipinski definition) is 6. The predicted octanol–water partition coefficient (Wildman–Crippen LogP) is 3.92. The van der Waals surface area contributed by atoms with Crippen molar-refractivity contribution in [1.29, 1.82) is 0 Å². The zero-order valence-electron chi connectivity index (χ0n) is 17.5. The molecular formula is C22H20FN5O2S2. The van der Waals surface area contributed by atoms with Crippen LogP contribution in [0, 0.1) is 19.7 Å². The second kappa shape index (κ2) is 8.10. The number of hydrogen-bond donors (Lipinski definition) is 1. The Morgan fingerprint density at radius 2 is 2.06 bits per heavy atom. The molecule has 10 heteroatoms. The van der Waals surface area contributed by atoms with Gasteiger partial charge < -0.3 is 10.2 Å². The second-order valence-electron chi connectivity index (χ2n) is 7.64. The van der Waals surface area contributed by atoms with E-state index in [2.05, 4.69) is 15.3 Å². The van der Waals surface area contributed by atoms with E-state index in [4.69, 9.17) is 0 Å². The minimum Gasteiger partial charge on any atom is -0.349 e. The molecule has 2 amide bonds. The topological polar surface area (TPSA) is 79.6 Å². The normalized spacial score (nSPS) is 15.7. The first-order valence-corrected chi connectivity index (χ1v) is 11.9. The van der Waals surface area contributed by atoms with E-state index in [9.17, 15) is 14.0 Å². The van der Waals surface area contributed by atoms with E-state index in [1.807, 2.05) is 18.5 Å². The molecule has 0 unspecified atom stereocenters. The molecule has 1 aromatic carbocycles. The highest BCUT2D eigenvalue weighted by atomic mass is 32.1. The number of thiazole rings is 2. The van der Waals surface area contributed by atoms with Crippen LogP contribution < -0.4 is 5.32 Å². The van der Waals surface area contributed by atoms with E-state index in [0.29, 0.717) is 39.9 Å². The van der Waals surface area contributed by atoms with Crippen LogP contribution in [0.5, 0.6) is 0 Å². The maximum Gasteiger partial charge on any atom is 0.274 e. The monoisotopic (exact) mass is 469 g/mol. The van der Waals surface area contributed by atoms with Crippen molar-refractivity contribution < 1.29 is 14.0 Å². The number of amides is 2. The van der Waals surface area contributed by atoms with Gasteiger partial charge in [0.1, 0.15) is 17.2 Å². The Balaban J connectivity index is 1.32. The van der Waals surface area contributed by atoms with Crippen molar-refractivity contribution in [3.63, 3.8) is 0 Å². The summed E-state index contributed by atoms with van der Waals surface area (Å²) in [5.74, 6) is -0.836. The molecule has 5 rings (SSSR count). The first-order chi connectivity index (χ1) is 15.4. The largest absolute Gasteiger partial charge is 0.349 e. The Morgan fingerprint density at radius 1 is 1.25 bits per heavy atom.